The van der Waals surface area contributed by atoms with E-state index in [4.69, 9.17) is 9.68 Å². The first-order valence-corrected chi connectivity index (χ1v) is 4.25. The Hall–Kier alpha value is -1.96. The quantitative estimate of drug-likeness (QED) is 0.676. The van der Waals surface area contributed by atoms with E-state index in [9.17, 15) is 4.79 Å². The molecule has 2 amide bonds. The summed E-state index contributed by atoms with van der Waals surface area (Å²) in [5.41, 5.74) is 0. The summed E-state index contributed by atoms with van der Waals surface area (Å²) in [6, 6.07) is 3.06. The molecule has 2 rings (SSSR count). The molecule has 0 aliphatic carbocycles. The normalized spacial score (nSPS) is 20.7. The zero-order valence-electron chi connectivity index (χ0n) is 7.65. The van der Waals surface area contributed by atoms with E-state index in [2.05, 4.69) is 5.32 Å². The molecule has 1 fully saturated rings. The van der Waals surface area contributed by atoms with Crippen molar-refractivity contribution in [2.45, 2.75) is 13.0 Å². The highest BCUT2D eigenvalue weighted by molar-refractivity contribution is 5.78. The van der Waals surface area contributed by atoms with Gasteiger partial charge in [-0.25, -0.2) is 9.69 Å². The van der Waals surface area contributed by atoms with Gasteiger partial charge in [0, 0.05) is 0 Å². The minimum absolute atomic E-state index is 0.212. The van der Waals surface area contributed by atoms with Crippen molar-refractivity contribution in [2.75, 3.05) is 6.54 Å². The zero-order chi connectivity index (χ0) is 10.1. The van der Waals surface area contributed by atoms with Crippen LogP contribution in [-0.2, 0) is 0 Å². The van der Waals surface area contributed by atoms with Gasteiger partial charge >= 0.3 is 6.03 Å². The number of nitrogens with zero attached hydrogens (tertiary/aromatic N) is 2. The maximum Gasteiger partial charge on any atom is 0.331 e. The van der Waals surface area contributed by atoms with Gasteiger partial charge in [0.05, 0.1) is 6.54 Å². The molecular weight excluding hydrogens is 182 g/mol. The molecule has 5 heteroatoms. The third-order valence-electron chi connectivity index (χ3n) is 2.13. The SMILES string of the molecule is Cc1ccc(C2CN(C#N)C(=O)N2)o1. The number of furan rings is 1. The van der Waals surface area contributed by atoms with Crippen LogP contribution >= 0.6 is 0 Å². The molecule has 1 saturated heterocycles. The van der Waals surface area contributed by atoms with Crippen molar-refractivity contribution in [3.63, 3.8) is 0 Å². The van der Waals surface area contributed by atoms with E-state index in [1.807, 2.05) is 13.0 Å². The van der Waals surface area contributed by atoms with E-state index in [0.717, 1.165) is 10.7 Å². The van der Waals surface area contributed by atoms with Crippen molar-refractivity contribution in [3.05, 3.63) is 23.7 Å². The maximum atomic E-state index is 11.1. The van der Waals surface area contributed by atoms with E-state index in [1.165, 1.54) is 0 Å². The van der Waals surface area contributed by atoms with Crippen LogP contribution in [0.1, 0.15) is 17.6 Å². The van der Waals surface area contributed by atoms with Crippen molar-refractivity contribution in [1.82, 2.24) is 10.2 Å². The third-order valence-corrected chi connectivity index (χ3v) is 2.13. The molecule has 1 atom stereocenters. The number of hydrogen-bond acceptors (Lipinski definition) is 3. The topological polar surface area (TPSA) is 69.3 Å². The lowest BCUT2D eigenvalue weighted by atomic mass is 10.2. The summed E-state index contributed by atoms with van der Waals surface area (Å²) in [5, 5.41) is 11.2. The lowest BCUT2D eigenvalue weighted by molar-refractivity contribution is 0.231. The maximum absolute atomic E-state index is 11.1. The molecule has 1 N–H and O–H groups in total. The average Bonchev–Trinajstić information content (AvgIpc) is 2.71. The monoisotopic (exact) mass is 191 g/mol. The zero-order valence-corrected chi connectivity index (χ0v) is 7.65. The predicted molar refractivity (Wildman–Crippen MR) is 47.0 cm³/mol. The summed E-state index contributed by atoms with van der Waals surface area (Å²) < 4.78 is 5.36. The fraction of sp³-hybridized carbons (Fsp3) is 0.333. The predicted octanol–water partition coefficient (Wildman–Crippen LogP) is 1.14. The largest absolute Gasteiger partial charge is 0.464 e. The molecule has 0 bridgehead atoms. The highest BCUT2D eigenvalue weighted by Crippen LogP contribution is 2.21. The molecule has 0 spiro atoms. The Labute approximate surface area is 80.9 Å². The summed E-state index contributed by atoms with van der Waals surface area (Å²) >= 11 is 0. The van der Waals surface area contributed by atoms with Crippen LogP contribution in [0.3, 0.4) is 0 Å². The van der Waals surface area contributed by atoms with Crippen molar-refractivity contribution in [1.29, 1.82) is 5.26 Å². The van der Waals surface area contributed by atoms with Crippen molar-refractivity contribution >= 4 is 6.03 Å². The second-order valence-corrected chi connectivity index (χ2v) is 3.16. The van der Waals surface area contributed by atoms with Gasteiger partial charge in [-0.1, -0.05) is 0 Å². The number of hydrogen-bond donors (Lipinski definition) is 1. The number of nitriles is 1. The van der Waals surface area contributed by atoms with Gasteiger partial charge < -0.3 is 9.73 Å². The van der Waals surface area contributed by atoms with Crippen molar-refractivity contribution in [3.8, 4) is 6.19 Å². The molecule has 5 nitrogen and oxygen atoms in total. The standard InChI is InChI=1S/C9H9N3O2/c1-6-2-3-8(14-6)7-4-12(5-10)9(13)11-7/h2-3,7H,4H2,1H3,(H,11,13). The van der Waals surface area contributed by atoms with Crippen LogP contribution in [0, 0.1) is 18.4 Å². The first-order chi connectivity index (χ1) is 6.70. The Morgan fingerprint density at radius 3 is 3.00 bits per heavy atom. The molecule has 72 valence electrons. The number of rotatable bonds is 1. The molecular formula is C9H9N3O2. The first-order valence-electron chi connectivity index (χ1n) is 4.25. The summed E-state index contributed by atoms with van der Waals surface area (Å²) in [4.78, 5) is 12.2. The van der Waals surface area contributed by atoms with Gasteiger partial charge in [-0.15, -0.1) is 0 Å². The summed E-state index contributed by atoms with van der Waals surface area (Å²) in [6.07, 6.45) is 1.80. The number of aryl methyl sites for hydroxylation is 1. The lowest BCUT2D eigenvalue weighted by Gasteiger charge is -2.03. The van der Waals surface area contributed by atoms with Gasteiger partial charge in [-0.2, -0.15) is 5.26 Å². The number of urea groups is 1. The Balaban J connectivity index is 2.17. The van der Waals surface area contributed by atoms with Crippen LogP contribution in [0.15, 0.2) is 16.5 Å². The van der Waals surface area contributed by atoms with Gasteiger partial charge in [-0.05, 0) is 19.1 Å². The van der Waals surface area contributed by atoms with E-state index in [0.29, 0.717) is 12.3 Å². The number of nitrogens with one attached hydrogen (secondary N) is 1. The second-order valence-electron chi connectivity index (χ2n) is 3.16. The van der Waals surface area contributed by atoms with E-state index >= 15 is 0 Å². The van der Waals surface area contributed by atoms with Crippen molar-refractivity contribution in [2.24, 2.45) is 0 Å². The highest BCUT2D eigenvalue weighted by atomic mass is 16.3. The molecule has 0 radical (unpaired) electrons. The van der Waals surface area contributed by atoms with Crippen LogP contribution in [0.4, 0.5) is 4.79 Å². The second kappa shape index (κ2) is 3.07. The molecule has 1 aliphatic heterocycles. The van der Waals surface area contributed by atoms with E-state index in [-0.39, 0.29) is 12.1 Å². The summed E-state index contributed by atoms with van der Waals surface area (Å²) in [5.74, 6) is 1.48. The first kappa shape index (κ1) is 8.63. The van der Waals surface area contributed by atoms with Crippen LogP contribution < -0.4 is 5.32 Å². The molecule has 1 aliphatic rings. The molecule has 1 aromatic rings. The minimum Gasteiger partial charge on any atom is -0.464 e. The van der Waals surface area contributed by atoms with Crippen LogP contribution in [-0.4, -0.2) is 17.5 Å². The Morgan fingerprint density at radius 1 is 1.71 bits per heavy atom. The van der Waals surface area contributed by atoms with Crippen LogP contribution in [0.25, 0.3) is 0 Å². The minimum atomic E-state index is -0.369. The van der Waals surface area contributed by atoms with Gasteiger partial charge in [0.1, 0.15) is 17.6 Å². The molecule has 14 heavy (non-hydrogen) atoms. The molecule has 2 heterocycles. The van der Waals surface area contributed by atoms with Crippen LogP contribution in [0.2, 0.25) is 0 Å². The third kappa shape index (κ3) is 1.31. The van der Waals surface area contributed by atoms with Gasteiger partial charge in [-0.3, -0.25) is 0 Å². The van der Waals surface area contributed by atoms with Crippen LogP contribution in [0.5, 0.6) is 0 Å². The van der Waals surface area contributed by atoms with Gasteiger partial charge in [0.25, 0.3) is 0 Å². The number of carbonyl (C=O) groups excluding carboxylic acids is 1. The Bertz CT molecular complexity index is 404. The van der Waals surface area contributed by atoms with E-state index < -0.39 is 0 Å². The Morgan fingerprint density at radius 2 is 2.50 bits per heavy atom. The number of amides is 2. The highest BCUT2D eigenvalue weighted by Gasteiger charge is 2.31. The fourth-order valence-electron chi connectivity index (χ4n) is 1.43. The smallest absolute Gasteiger partial charge is 0.331 e. The summed E-state index contributed by atoms with van der Waals surface area (Å²) in [7, 11) is 0. The van der Waals surface area contributed by atoms with Gasteiger partial charge in [0.2, 0.25) is 0 Å². The fourth-order valence-corrected chi connectivity index (χ4v) is 1.43. The number of carbonyl (C=O) groups is 1. The summed E-state index contributed by atoms with van der Waals surface area (Å²) in [6.45, 7) is 2.17. The lowest BCUT2D eigenvalue weighted by Crippen LogP contribution is -2.23. The molecule has 1 aromatic heterocycles. The van der Waals surface area contributed by atoms with E-state index in [1.54, 1.807) is 12.3 Å². The molecule has 1 unspecified atom stereocenters. The molecule has 0 aromatic carbocycles. The average molecular weight is 191 g/mol. The van der Waals surface area contributed by atoms with Crippen molar-refractivity contribution < 1.29 is 9.21 Å². The molecule has 0 saturated carbocycles. The van der Waals surface area contributed by atoms with Gasteiger partial charge in [0.15, 0.2) is 6.19 Å². The Kier molecular flexibility index (Phi) is 1.89.